The van der Waals surface area contributed by atoms with Gasteiger partial charge in [0.05, 0.1) is 12.2 Å². The van der Waals surface area contributed by atoms with Crippen molar-refractivity contribution in [1.29, 1.82) is 0 Å². The van der Waals surface area contributed by atoms with E-state index in [1.165, 1.54) is 45.2 Å². The summed E-state index contributed by atoms with van der Waals surface area (Å²) in [6, 6.07) is 2.65. The number of hydrogen-bond acceptors (Lipinski definition) is 3. The molecule has 2 rings (SSSR count). The van der Waals surface area contributed by atoms with Gasteiger partial charge in [0.1, 0.15) is 0 Å². The molecule has 6 heteroatoms. The molecule has 0 spiro atoms. The number of nitrogens with one attached hydrogen (secondary N) is 2. The molecule has 130 valence electrons. The van der Waals surface area contributed by atoms with Crippen LogP contribution in [0.4, 0.5) is 0 Å². The van der Waals surface area contributed by atoms with Gasteiger partial charge in [0.25, 0.3) is 0 Å². The molecule has 1 atom stereocenters. The number of guanidine groups is 1. The van der Waals surface area contributed by atoms with Gasteiger partial charge in [0.15, 0.2) is 5.96 Å². The normalized spacial score (nSPS) is 19.8. The van der Waals surface area contributed by atoms with Crippen LogP contribution in [0.25, 0.3) is 0 Å². The van der Waals surface area contributed by atoms with E-state index in [1.54, 1.807) is 0 Å². The molecule has 1 saturated heterocycles. The maximum atomic E-state index is 4.33. The highest BCUT2D eigenvalue weighted by Crippen LogP contribution is 2.16. The first-order valence-electron chi connectivity index (χ1n) is 8.90. The van der Waals surface area contributed by atoms with Gasteiger partial charge in [-0.05, 0) is 38.4 Å². The fourth-order valence-electron chi connectivity index (χ4n) is 3.13. The Kier molecular flexibility index (Phi) is 7.39. The van der Waals surface area contributed by atoms with E-state index in [0.29, 0.717) is 6.04 Å². The highest BCUT2D eigenvalue weighted by Gasteiger charge is 2.21. The van der Waals surface area contributed by atoms with Crippen LogP contribution < -0.4 is 10.6 Å². The highest BCUT2D eigenvalue weighted by molar-refractivity contribution is 5.79. The quantitative estimate of drug-likeness (QED) is 0.593. The number of nitrogens with zero attached hydrogens (tertiary/aromatic N) is 4. The van der Waals surface area contributed by atoms with Crippen molar-refractivity contribution in [3.05, 3.63) is 18.0 Å². The van der Waals surface area contributed by atoms with Gasteiger partial charge >= 0.3 is 0 Å². The summed E-state index contributed by atoms with van der Waals surface area (Å²) in [5.41, 5.74) is 1.15. The molecule has 0 amide bonds. The summed E-state index contributed by atoms with van der Waals surface area (Å²) in [5.74, 6) is 0.868. The molecule has 1 aromatic heterocycles. The van der Waals surface area contributed by atoms with Crippen LogP contribution in [0.15, 0.2) is 17.3 Å². The monoisotopic (exact) mass is 320 g/mol. The molecule has 0 radical (unpaired) electrons. The zero-order valence-corrected chi connectivity index (χ0v) is 14.9. The van der Waals surface area contributed by atoms with Crippen LogP contribution in [0.2, 0.25) is 0 Å². The second kappa shape index (κ2) is 9.55. The minimum atomic E-state index is 0.630. The van der Waals surface area contributed by atoms with E-state index in [2.05, 4.69) is 32.5 Å². The zero-order chi connectivity index (χ0) is 16.5. The number of unbranched alkanes of at least 4 members (excludes halogenated alkanes) is 1. The molecule has 1 aliphatic rings. The number of likely N-dealkylation sites (tertiary alicyclic amines) is 1. The molecule has 0 bridgehead atoms. The maximum Gasteiger partial charge on any atom is 0.191 e. The van der Waals surface area contributed by atoms with Crippen LogP contribution in [-0.2, 0) is 13.6 Å². The van der Waals surface area contributed by atoms with E-state index in [-0.39, 0.29) is 0 Å². The topological polar surface area (TPSA) is 57.5 Å². The van der Waals surface area contributed by atoms with E-state index in [0.717, 1.165) is 24.7 Å². The molecule has 0 aliphatic carbocycles. The Morgan fingerprint density at radius 3 is 2.96 bits per heavy atom. The van der Waals surface area contributed by atoms with E-state index < -0.39 is 0 Å². The van der Waals surface area contributed by atoms with E-state index in [9.17, 15) is 0 Å². The Balaban J connectivity index is 1.78. The van der Waals surface area contributed by atoms with Crippen molar-refractivity contribution < 1.29 is 0 Å². The number of rotatable bonds is 7. The number of aryl methyl sites for hydroxylation is 1. The second-order valence-corrected chi connectivity index (χ2v) is 6.29. The van der Waals surface area contributed by atoms with Crippen molar-refractivity contribution in [2.45, 2.75) is 51.6 Å². The fraction of sp³-hybridized carbons (Fsp3) is 0.765. The molecule has 2 N–H and O–H groups in total. The van der Waals surface area contributed by atoms with E-state index in [4.69, 9.17) is 0 Å². The number of aliphatic imine (C=N–C) groups is 1. The van der Waals surface area contributed by atoms with Crippen molar-refractivity contribution in [2.75, 3.05) is 26.7 Å². The van der Waals surface area contributed by atoms with E-state index >= 15 is 0 Å². The molecule has 0 aromatic carbocycles. The minimum Gasteiger partial charge on any atom is -0.355 e. The average molecular weight is 320 g/mol. The predicted molar refractivity (Wildman–Crippen MR) is 95.5 cm³/mol. The Morgan fingerprint density at radius 1 is 1.39 bits per heavy atom. The molecule has 1 unspecified atom stereocenters. The zero-order valence-electron chi connectivity index (χ0n) is 14.9. The van der Waals surface area contributed by atoms with Gasteiger partial charge < -0.3 is 10.6 Å². The van der Waals surface area contributed by atoms with Gasteiger partial charge in [-0.25, -0.2) is 0 Å². The molecular formula is C17H32N6. The molecule has 6 nitrogen and oxygen atoms in total. The van der Waals surface area contributed by atoms with Crippen molar-refractivity contribution in [1.82, 2.24) is 25.3 Å². The van der Waals surface area contributed by atoms with Gasteiger partial charge in [0.2, 0.25) is 0 Å². The first kappa shape index (κ1) is 17.8. The van der Waals surface area contributed by atoms with Gasteiger partial charge in [-0.2, -0.15) is 5.10 Å². The first-order chi connectivity index (χ1) is 11.2. The van der Waals surface area contributed by atoms with Crippen LogP contribution in [0.1, 0.15) is 44.7 Å². The lowest BCUT2D eigenvalue weighted by Crippen LogP contribution is -2.49. The van der Waals surface area contributed by atoms with Crippen LogP contribution in [0.3, 0.4) is 0 Å². The molecule has 1 aromatic rings. The molecule has 1 fully saturated rings. The van der Waals surface area contributed by atoms with Gasteiger partial charge in [-0.1, -0.05) is 19.8 Å². The van der Waals surface area contributed by atoms with Gasteiger partial charge in [0, 0.05) is 32.9 Å². The summed E-state index contributed by atoms with van der Waals surface area (Å²) < 4.78 is 1.88. The van der Waals surface area contributed by atoms with E-state index in [1.807, 2.05) is 31.0 Å². The number of piperidine rings is 1. The fourth-order valence-corrected chi connectivity index (χ4v) is 3.13. The minimum absolute atomic E-state index is 0.630. The lowest BCUT2D eigenvalue weighted by Gasteiger charge is -2.36. The average Bonchev–Trinajstić information content (AvgIpc) is 2.99. The van der Waals surface area contributed by atoms with Gasteiger partial charge in [-0.3, -0.25) is 14.6 Å². The van der Waals surface area contributed by atoms with Crippen LogP contribution in [0.5, 0.6) is 0 Å². The summed E-state index contributed by atoms with van der Waals surface area (Å²) in [5, 5.41) is 11.1. The number of hydrogen-bond donors (Lipinski definition) is 2. The third kappa shape index (κ3) is 5.53. The molecule has 1 aliphatic heterocycles. The second-order valence-electron chi connectivity index (χ2n) is 6.29. The van der Waals surface area contributed by atoms with Crippen LogP contribution in [0, 0.1) is 0 Å². The largest absolute Gasteiger partial charge is 0.355 e. The predicted octanol–water partition coefficient (Wildman–Crippen LogP) is 1.74. The van der Waals surface area contributed by atoms with Crippen molar-refractivity contribution in [3.8, 4) is 0 Å². The standard InChI is InChI=1S/C17H32N6/c1-4-5-11-23-12-7-6-8-16(23)14-20-17(18-2)19-13-15-9-10-21-22(15)3/h9-10,16H,4-8,11-14H2,1-3H3,(H2,18,19,20). The summed E-state index contributed by atoms with van der Waals surface area (Å²) in [6.45, 7) is 6.44. The Bertz CT molecular complexity index is 481. The van der Waals surface area contributed by atoms with Crippen LogP contribution in [-0.4, -0.2) is 53.4 Å². The molecular weight excluding hydrogens is 288 g/mol. The third-order valence-electron chi connectivity index (χ3n) is 4.64. The Hall–Kier alpha value is -1.56. The molecule has 2 heterocycles. The highest BCUT2D eigenvalue weighted by atomic mass is 15.3. The van der Waals surface area contributed by atoms with Gasteiger partial charge in [-0.15, -0.1) is 0 Å². The molecule has 23 heavy (non-hydrogen) atoms. The third-order valence-corrected chi connectivity index (χ3v) is 4.64. The smallest absolute Gasteiger partial charge is 0.191 e. The lowest BCUT2D eigenvalue weighted by molar-refractivity contribution is 0.147. The van der Waals surface area contributed by atoms with Crippen molar-refractivity contribution in [2.24, 2.45) is 12.0 Å². The summed E-state index contributed by atoms with van der Waals surface area (Å²) >= 11 is 0. The lowest BCUT2D eigenvalue weighted by atomic mass is 10.0. The SMILES string of the molecule is CCCCN1CCCCC1CNC(=NC)NCc1ccnn1C. The first-order valence-corrected chi connectivity index (χ1v) is 8.90. The Morgan fingerprint density at radius 2 is 2.26 bits per heavy atom. The van der Waals surface area contributed by atoms with Crippen LogP contribution >= 0.6 is 0 Å². The van der Waals surface area contributed by atoms with Crippen molar-refractivity contribution in [3.63, 3.8) is 0 Å². The summed E-state index contributed by atoms with van der Waals surface area (Å²) in [4.78, 5) is 6.98. The summed E-state index contributed by atoms with van der Waals surface area (Å²) in [7, 11) is 3.79. The number of aromatic nitrogens is 2. The summed E-state index contributed by atoms with van der Waals surface area (Å²) in [6.07, 6.45) is 8.36. The Labute approximate surface area is 140 Å². The van der Waals surface area contributed by atoms with Crippen molar-refractivity contribution >= 4 is 5.96 Å². The molecule has 0 saturated carbocycles. The maximum absolute atomic E-state index is 4.33.